The van der Waals surface area contributed by atoms with Crippen LogP contribution in [0.4, 0.5) is 5.69 Å². The molecular formula is C20H16ClN5O3. The maximum atomic E-state index is 12.7. The van der Waals surface area contributed by atoms with E-state index < -0.39 is 5.56 Å². The Hall–Kier alpha value is -3.52. The Labute approximate surface area is 170 Å². The van der Waals surface area contributed by atoms with Crippen molar-refractivity contribution >= 4 is 28.3 Å². The van der Waals surface area contributed by atoms with Crippen molar-refractivity contribution in [1.29, 1.82) is 0 Å². The standard InChI is InChI=1S/C20H16ClN5O3/c21-18-15(22-9-12-11-28-16-7-3-4-8-17(16)29-12)10-23-26(19(18)27)20-24-13-5-1-2-6-14(13)25-20/h1-8,10,12,22H,9,11H2,(H,24,25). The Morgan fingerprint density at radius 3 is 2.83 bits per heavy atom. The maximum absolute atomic E-state index is 12.7. The number of aromatic amines is 1. The Bertz CT molecular complexity index is 1220. The SMILES string of the molecule is O=c1c(Cl)c(NCC2COc3ccccc3O2)cnn1-c1nc2ccccc2[nH]1. The first-order valence-electron chi connectivity index (χ1n) is 9.04. The monoisotopic (exact) mass is 409 g/mol. The van der Waals surface area contributed by atoms with E-state index >= 15 is 0 Å². The van der Waals surface area contributed by atoms with Gasteiger partial charge >= 0.3 is 0 Å². The van der Waals surface area contributed by atoms with Gasteiger partial charge in [0, 0.05) is 0 Å². The molecule has 0 fully saturated rings. The van der Waals surface area contributed by atoms with Gasteiger partial charge in [-0.2, -0.15) is 9.78 Å². The molecule has 3 heterocycles. The molecule has 2 aromatic heterocycles. The largest absolute Gasteiger partial charge is 0.486 e. The molecule has 1 aliphatic rings. The van der Waals surface area contributed by atoms with E-state index in [-0.39, 0.29) is 11.1 Å². The third-order valence-electron chi connectivity index (χ3n) is 4.58. The van der Waals surface area contributed by atoms with Crippen LogP contribution in [-0.2, 0) is 0 Å². The lowest BCUT2D eigenvalue weighted by Gasteiger charge is -2.26. The number of hydrogen-bond acceptors (Lipinski definition) is 6. The summed E-state index contributed by atoms with van der Waals surface area (Å²) in [5.41, 5.74) is 1.50. The molecule has 29 heavy (non-hydrogen) atoms. The molecule has 0 saturated carbocycles. The summed E-state index contributed by atoms with van der Waals surface area (Å²) in [5, 5.41) is 7.34. The summed E-state index contributed by atoms with van der Waals surface area (Å²) < 4.78 is 12.7. The summed E-state index contributed by atoms with van der Waals surface area (Å²) in [6.45, 7) is 0.801. The Morgan fingerprint density at radius 2 is 1.97 bits per heavy atom. The van der Waals surface area contributed by atoms with E-state index in [2.05, 4.69) is 20.4 Å². The van der Waals surface area contributed by atoms with Crippen LogP contribution < -0.4 is 20.3 Å². The summed E-state index contributed by atoms with van der Waals surface area (Å²) in [5.74, 6) is 1.72. The van der Waals surface area contributed by atoms with Crippen molar-refractivity contribution in [2.24, 2.45) is 0 Å². The summed E-state index contributed by atoms with van der Waals surface area (Å²) >= 11 is 6.30. The van der Waals surface area contributed by atoms with Gasteiger partial charge in [-0.25, -0.2) is 4.98 Å². The Balaban J connectivity index is 1.34. The molecule has 1 aliphatic heterocycles. The highest BCUT2D eigenvalue weighted by atomic mass is 35.5. The molecule has 146 valence electrons. The molecule has 0 radical (unpaired) electrons. The first-order chi connectivity index (χ1) is 14.2. The number of halogens is 1. The first kappa shape index (κ1) is 17.6. The molecular weight excluding hydrogens is 394 g/mol. The van der Waals surface area contributed by atoms with Crippen LogP contribution in [0.15, 0.2) is 59.5 Å². The van der Waals surface area contributed by atoms with E-state index in [9.17, 15) is 4.79 Å². The molecule has 0 spiro atoms. The number of hydrogen-bond donors (Lipinski definition) is 2. The van der Waals surface area contributed by atoms with E-state index in [1.807, 2.05) is 48.5 Å². The van der Waals surface area contributed by atoms with E-state index in [0.29, 0.717) is 30.5 Å². The van der Waals surface area contributed by atoms with E-state index in [1.54, 1.807) is 0 Å². The normalized spacial score (nSPS) is 15.4. The number of rotatable bonds is 4. The fourth-order valence-electron chi connectivity index (χ4n) is 3.13. The number of anilines is 1. The smallest absolute Gasteiger partial charge is 0.295 e. The first-order valence-corrected chi connectivity index (χ1v) is 9.42. The van der Waals surface area contributed by atoms with E-state index in [1.165, 1.54) is 6.20 Å². The van der Waals surface area contributed by atoms with Crippen molar-refractivity contribution in [3.63, 3.8) is 0 Å². The van der Waals surface area contributed by atoms with Crippen LogP contribution in [0.3, 0.4) is 0 Å². The highest BCUT2D eigenvalue weighted by Crippen LogP contribution is 2.31. The van der Waals surface area contributed by atoms with Gasteiger partial charge in [-0.1, -0.05) is 35.9 Å². The summed E-state index contributed by atoms with van der Waals surface area (Å²) in [6, 6.07) is 15.0. The zero-order valence-corrected chi connectivity index (χ0v) is 15.9. The number of aromatic nitrogens is 4. The van der Waals surface area contributed by atoms with Crippen molar-refractivity contribution in [2.75, 3.05) is 18.5 Å². The van der Waals surface area contributed by atoms with Crippen molar-refractivity contribution in [2.45, 2.75) is 6.10 Å². The fraction of sp³-hybridized carbons (Fsp3) is 0.150. The summed E-state index contributed by atoms with van der Waals surface area (Å²) in [4.78, 5) is 20.1. The minimum absolute atomic E-state index is 0.0255. The quantitative estimate of drug-likeness (QED) is 0.538. The molecule has 4 aromatic rings. The highest BCUT2D eigenvalue weighted by Gasteiger charge is 2.21. The van der Waals surface area contributed by atoms with Gasteiger partial charge in [0.05, 0.1) is 29.5 Å². The molecule has 0 saturated heterocycles. The van der Waals surface area contributed by atoms with Gasteiger partial charge < -0.3 is 19.8 Å². The molecule has 5 rings (SSSR count). The van der Waals surface area contributed by atoms with Crippen molar-refractivity contribution in [3.05, 3.63) is 70.1 Å². The third kappa shape index (κ3) is 3.27. The second kappa shape index (κ2) is 7.14. The lowest BCUT2D eigenvalue weighted by atomic mass is 10.2. The minimum Gasteiger partial charge on any atom is -0.486 e. The van der Waals surface area contributed by atoms with Gasteiger partial charge in [0.15, 0.2) is 11.5 Å². The molecule has 1 unspecified atom stereocenters. The lowest BCUT2D eigenvalue weighted by molar-refractivity contribution is 0.0997. The lowest BCUT2D eigenvalue weighted by Crippen LogP contribution is -2.35. The number of benzene rings is 2. The molecule has 2 N–H and O–H groups in total. The van der Waals surface area contributed by atoms with Gasteiger partial charge in [0.1, 0.15) is 17.7 Å². The second-order valence-electron chi connectivity index (χ2n) is 6.55. The number of para-hydroxylation sites is 4. The molecule has 8 nitrogen and oxygen atoms in total. The van der Waals surface area contributed by atoms with Crippen molar-refractivity contribution in [3.8, 4) is 17.4 Å². The van der Waals surface area contributed by atoms with Crippen molar-refractivity contribution < 1.29 is 9.47 Å². The van der Waals surface area contributed by atoms with Crippen LogP contribution >= 0.6 is 11.6 Å². The zero-order chi connectivity index (χ0) is 19.8. The predicted octanol–water partition coefficient (Wildman–Crippen LogP) is 3.01. The molecule has 0 bridgehead atoms. The number of ether oxygens (including phenoxy) is 2. The third-order valence-corrected chi connectivity index (χ3v) is 4.95. The van der Waals surface area contributed by atoms with Gasteiger partial charge in [0.2, 0.25) is 5.95 Å². The van der Waals surface area contributed by atoms with Crippen LogP contribution in [0.5, 0.6) is 11.5 Å². The molecule has 0 aliphatic carbocycles. The summed E-state index contributed by atoms with van der Waals surface area (Å²) in [7, 11) is 0. The summed E-state index contributed by atoms with van der Waals surface area (Å²) in [6.07, 6.45) is 1.27. The Morgan fingerprint density at radius 1 is 1.17 bits per heavy atom. The Kier molecular flexibility index (Phi) is 4.33. The van der Waals surface area contributed by atoms with Crippen LogP contribution in [-0.4, -0.2) is 39.0 Å². The fourth-order valence-corrected chi connectivity index (χ4v) is 3.33. The van der Waals surface area contributed by atoms with Crippen LogP contribution in [0.2, 0.25) is 5.02 Å². The number of imidazole rings is 1. The number of H-pyrrole nitrogens is 1. The number of nitrogens with one attached hydrogen (secondary N) is 2. The molecule has 2 aromatic carbocycles. The van der Waals surface area contributed by atoms with E-state index in [4.69, 9.17) is 21.1 Å². The van der Waals surface area contributed by atoms with Gasteiger partial charge in [-0.15, -0.1) is 0 Å². The average Bonchev–Trinajstić information content (AvgIpc) is 3.18. The average molecular weight is 410 g/mol. The van der Waals surface area contributed by atoms with Crippen molar-refractivity contribution in [1.82, 2.24) is 19.7 Å². The van der Waals surface area contributed by atoms with Gasteiger partial charge in [0.25, 0.3) is 5.56 Å². The molecule has 0 amide bonds. The topological polar surface area (TPSA) is 94.1 Å². The van der Waals surface area contributed by atoms with Crippen LogP contribution in [0.25, 0.3) is 17.0 Å². The number of fused-ring (bicyclic) bond motifs is 2. The van der Waals surface area contributed by atoms with Gasteiger partial charge in [-0.05, 0) is 24.3 Å². The maximum Gasteiger partial charge on any atom is 0.295 e. The van der Waals surface area contributed by atoms with Crippen LogP contribution in [0.1, 0.15) is 0 Å². The number of nitrogens with zero attached hydrogens (tertiary/aromatic N) is 3. The van der Waals surface area contributed by atoms with Crippen LogP contribution in [0, 0.1) is 0 Å². The highest BCUT2D eigenvalue weighted by molar-refractivity contribution is 6.32. The minimum atomic E-state index is -0.470. The second-order valence-corrected chi connectivity index (χ2v) is 6.92. The predicted molar refractivity (Wildman–Crippen MR) is 109 cm³/mol. The van der Waals surface area contributed by atoms with E-state index in [0.717, 1.165) is 21.5 Å². The zero-order valence-electron chi connectivity index (χ0n) is 15.1. The molecule has 9 heteroatoms. The van der Waals surface area contributed by atoms with Gasteiger partial charge in [-0.3, -0.25) is 4.79 Å². The molecule has 1 atom stereocenters.